The molecule has 0 amide bonds. The lowest BCUT2D eigenvalue weighted by molar-refractivity contribution is 0.112. The zero-order valence-electron chi connectivity index (χ0n) is 8.33. The van der Waals surface area contributed by atoms with Gasteiger partial charge >= 0.3 is 0 Å². The molecule has 0 atom stereocenters. The fraction of sp³-hybridized carbons (Fsp3) is 0.300. The van der Waals surface area contributed by atoms with E-state index < -0.39 is 0 Å². The van der Waals surface area contributed by atoms with Crippen molar-refractivity contribution in [3.63, 3.8) is 0 Å². The van der Waals surface area contributed by atoms with E-state index in [1.165, 1.54) is 12.4 Å². The Bertz CT molecular complexity index is 324. The zero-order valence-corrected chi connectivity index (χ0v) is 8.33. The Balaban J connectivity index is 2.80. The molecule has 1 aromatic heterocycles. The van der Waals surface area contributed by atoms with Crippen LogP contribution in [0.2, 0.25) is 0 Å². The second-order valence-corrected chi connectivity index (χ2v) is 2.89. The molecule has 1 aromatic rings. The van der Waals surface area contributed by atoms with Crippen molar-refractivity contribution in [1.29, 1.82) is 0 Å². The van der Waals surface area contributed by atoms with Crippen molar-refractivity contribution in [2.75, 3.05) is 24.6 Å². The molecule has 0 aromatic carbocycles. The number of carbonyl (C=O) groups is 1. The Morgan fingerprint density at radius 3 is 2.60 bits per heavy atom. The number of hydrogen-bond donors (Lipinski definition) is 1. The van der Waals surface area contributed by atoms with Gasteiger partial charge in [0.1, 0.15) is 0 Å². The molecule has 0 bridgehead atoms. The highest BCUT2D eigenvalue weighted by Gasteiger charge is 2.06. The zero-order chi connectivity index (χ0) is 11.1. The summed E-state index contributed by atoms with van der Waals surface area (Å²) in [5.41, 5.74) is 0.432. The Morgan fingerprint density at radius 1 is 1.47 bits per heavy atom. The summed E-state index contributed by atoms with van der Waals surface area (Å²) >= 11 is 0. The van der Waals surface area contributed by atoms with Crippen LogP contribution in [0, 0.1) is 0 Å². The van der Waals surface area contributed by atoms with Crippen molar-refractivity contribution in [3.8, 4) is 0 Å². The van der Waals surface area contributed by atoms with E-state index in [2.05, 4.69) is 16.5 Å². The van der Waals surface area contributed by atoms with E-state index in [1.54, 1.807) is 11.0 Å². The quantitative estimate of drug-likeness (QED) is 0.536. The molecular formula is C10H13N3O2. The van der Waals surface area contributed by atoms with Crippen LogP contribution >= 0.6 is 0 Å². The van der Waals surface area contributed by atoms with E-state index in [4.69, 9.17) is 5.11 Å². The lowest BCUT2D eigenvalue weighted by atomic mass is 10.4. The highest BCUT2D eigenvalue weighted by molar-refractivity contribution is 5.73. The van der Waals surface area contributed by atoms with Gasteiger partial charge in [-0.05, 0) is 0 Å². The summed E-state index contributed by atoms with van der Waals surface area (Å²) in [4.78, 5) is 20.2. The molecule has 80 valence electrons. The first-order chi connectivity index (χ1) is 7.31. The number of anilines is 1. The largest absolute Gasteiger partial charge is 0.395 e. The van der Waals surface area contributed by atoms with Gasteiger partial charge in [0.25, 0.3) is 0 Å². The van der Waals surface area contributed by atoms with E-state index in [0.717, 1.165) is 0 Å². The summed E-state index contributed by atoms with van der Waals surface area (Å²) in [6.07, 6.45) is 5.28. The van der Waals surface area contributed by atoms with E-state index >= 15 is 0 Å². The summed E-state index contributed by atoms with van der Waals surface area (Å²) in [5, 5.41) is 8.84. The molecule has 0 saturated carbocycles. The maximum Gasteiger partial charge on any atom is 0.225 e. The third-order valence-electron chi connectivity index (χ3n) is 1.80. The minimum Gasteiger partial charge on any atom is -0.395 e. The van der Waals surface area contributed by atoms with Crippen molar-refractivity contribution >= 4 is 12.2 Å². The third-order valence-corrected chi connectivity index (χ3v) is 1.80. The first kappa shape index (κ1) is 11.3. The van der Waals surface area contributed by atoms with Gasteiger partial charge in [-0.2, -0.15) is 0 Å². The molecule has 15 heavy (non-hydrogen) atoms. The summed E-state index contributed by atoms with van der Waals surface area (Å²) in [5.74, 6) is 0.481. The molecule has 5 heteroatoms. The third kappa shape index (κ3) is 3.14. The van der Waals surface area contributed by atoms with Crippen LogP contribution in [0.25, 0.3) is 0 Å². The monoisotopic (exact) mass is 207 g/mol. The Hall–Kier alpha value is -1.75. The molecule has 1 N–H and O–H groups in total. The lowest BCUT2D eigenvalue weighted by Crippen LogP contribution is -2.28. The minimum absolute atomic E-state index is 0.0205. The molecule has 5 nitrogen and oxygen atoms in total. The molecule has 0 aliphatic carbocycles. The van der Waals surface area contributed by atoms with Gasteiger partial charge in [0.2, 0.25) is 5.95 Å². The van der Waals surface area contributed by atoms with E-state index in [-0.39, 0.29) is 6.61 Å². The van der Waals surface area contributed by atoms with Gasteiger partial charge in [-0.15, -0.1) is 6.58 Å². The Morgan fingerprint density at radius 2 is 2.13 bits per heavy atom. The van der Waals surface area contributed by atoms with Crippen molar-refractivity contribution in [1.82, 2.24) is 9.97 Å². The smallest absolute Gasteiger partial charge is 0.225 e. The molecule has 0 saturated heterocycles. The Kier molecular flexibility index (Phi) is 4.43. The van der Waals surface area contributed by atoms with Gasteiger partial charge < -0.3 is 10.0 Å². The number of carbonyl (C=O) groups excluding carboxylic acids is 1. The predicted octanol–water partition coefficient (Wildman–Crippen LogP) is 0.274. The molecule has 0 radical (unpaired) electrons. The van der Waals surface area contributed by atoms with Crippen molar-refractivity contribution in [2.45, 2.75) is 0 Å². The maximum absolute atomic E-state index is 10.4. The standard InChI is InChI=1S/C10H13N3O2/c1-2-3-13(4-5-14)10-11-6-9(8-15)7-12-10/h2,6-8,14H,1,3-5H2. The number of aliphatic hydroxyl groups is 1. The number of rotatable bonds is 6. The van der Waals surface area contributed by atoms with Crippen LogP contribution in [0.5, 0.6) is 0 Å². The van der Waals surface area contributed by atoms with Crippen LogP contribution in [0.15, 0.2) is 25.0 Å². The van der Waals surface area contributed by atoms with E-state index in [9.17, 15) is 4.79 Å². The summed E-state index contributed by atoms with van der Waals surface area (Å²) in [6.45, 7) is 4.62. The van der Waals surface area contributed by atoms with Crippen LogP contribution in [0.1, 0.15) is 10.4 Å². The first-order valence-corrected chi connectivity index (χ1v) is 4.55. The highest BCUT2D eigenvalue weighted by Crippen LogP contribution is 2.05. The fourth-order valence-electron chi connectivity index (χ4n) is 1.10. The lowest BCUT2D eigenvalue weighted by Gasteiger charge is -2.19. The van der Waals surface area contributed by atoms with E-state index in [0.29, 0.717) is 30.9 Å². The van der Waals surface area contributed by atoms with Crippen LogP contribution in [-0.2, 0) is 0 Å². The van der Waals surface area contributed by atoms with Gasteiger partial charge in [-0.1, -0.05) is 6.08 Å². The summed E-state index contributed by atoms with van der Waals surface area (Å²) in [6, 6.07) is 0. The average molecular weight is 207 g/mol. The molecule has 0 fully saturated rings. The normalized spacial score (nSPS) is 9.67. The molecular weight excluding hydrogens is 194 g/mol. The Labute approximate surface area is 88.1 Å². The van der Waals surface area contributed by atoms with Gasteiger partial charge in [-0.25, -0.2) is 9.97 Å². The van der Waals surface area contributed by atoms with E-state index in [1.807, 2.05) is 0 Å². The van der Waals surface area contributed by atoms with Gasteiger partial charge in [0.15, 0.2) is 6.29 Å². The predicted molar refractivity (Wildman–Crippen MR) is 56.9 cm³/mol. The van der Waals surface area contributed by atoms with Crippen LogP contribution in [0.3, 0.4) is 0 Å². The van der Waals surface area contributed by atoms with Crippen molar-refractivity contribution in [2.24, 2.45) is 0 Å². The van der Waals surface area contributed by atoms with Gasteiger partial charge in [0.05, 0.1) is 12.2 Å². The molecule has 0 unspecified atom stereocenters. The van der Waals surface area contributed by atoms with Gasteiger partial charge in [-0.3, -0.25) is 4.79 Å². The molecule has 0 spiro atoms. The number of aliphatic hydroxyl groups excluding tert-OH is 1. The molecule has 1 heterocycles. The first-order valence-electron chi connectivity index (χ1n) is 4.55. The second-order valence-electron chi connectivity index (χ2n) is 2.89. The maximum atomic E-state index is 10.4. The van der Waals surface area contributed by atoms with Crippen LogP contribution in [0.4, 0.5) is 5.95 Å². The highest BCUT2D eigenvalue weighted by atomic mass is 16.3. The fourth-order valence-corrected chi connectivity index (χ4v) is 1.10. The summed E-state index contributed by atoms with van der Waals surface area (Å²) < 4.78 is 0. The number of nitrogens with zero attached hydrogens (tertiary/aromatic N) is 3. The van der Waals surface area contributed by atoms with Crippen molar-refractivity contribution < 1.29 is 9.90 Å². The molecule has 0 aliphatic rings. The number of aldehydes is 1. The van der Waals surface area contributed by atoms with Crippen LogP contribution in [-0.4, -0.2) is 41.1 Å². The minimum atomic E-state index is 0.0205. The molecule has 0 aliphatic heterocycles. The van der Waals surface area contributed by atoms with Crippen LogP contribution < -0.4 is 4.90 Å². The average Bonchev–Trinajstić information content (AvgIpc) is 2.29. The second kappa shape index (κ2) is 5.87. The molecule has 1 rings (SSSR count). The van der Waals surface area contributed by atoms with Gasteiger partial charge in [0, 0.05) is 25.5 Å². The SMILES string of the molecule is C=CCN(CCO)c1ncc(C=O)cn1. The number of hydrogen-bond acceptors (Lipinski definition) is 5. The number of aromatic nitrogens is 2. The van der Waals surface area contributed by atoms with Crippen molar-refractivity contribution in [3.05, 3.63) is 30.6 Å². The summed E-state index contributed by atoms with van der Waals surface area (Å²) in [7, 11) is 0. The topological polar surface area (TPSA) is 66.3 Å².